The Balaban J connectivity index is 1.94. The largest absolute Gasteiger partial charge is 0.497 e. The lowest BCUT2D eigenvalue weighted by molar-refractivity contribution is 0.414. The van der Waals surface area contributed by atoms with E-state index in [0.29, 0.717) is 24.8 Å². The quantitative estimate of drug-likeness (QED) is 0.356. The van der Waals surface area contributed by atoms with Crippen molar-refractivity contribution in [3.63, 3.8) is 0 Å². The first-order chi connectivity index (χ1) is 15.8. The maximum atomic E-state index is 13.0. The highest BCUT2D eigenvalue weighted by Gasteiger charge is 2.23. The van der Waals surface area contributed by atoms with Gasteiger partial charge in [-0.05, 0) is 35.7 Å². The van der Waals surface area contributed by atoms with Gasteiger partial charge in [-0.3, -0.25) is 0 Å². The number of hydrogen-bond donors (Lipinski definition) is 0. The van der Waals surface area contributed by atoms with Crippen LogP contribution in [0, 0.1) is 5.92 Å². The summed E-state index contributed by atoms with van der Waals surface area (Å²) in [7, 11) is -1.90. The number of thioether (sulfide) groups is 1. The van der Waals surface area contributed by atoms with Gasteiger partial charge < -0.3 is 9.30 Å². The molecule has 0 amide bonds. The highest BCUT2D eigenvalue weighted by atomic mass is 32.2. The van der Waals surface area contributed by atoms with Crippen molar-refractivity contribution in [1.29, 1.82) is 0 Å². The predicted octanol–water partition coefficient (Wildman–Crippen LogP) is 4.93. The van der Waals surface area contributed by atoms with Gasteiger partial charge in [0.05, 0.1) is 12.0 Å². The van der Waals surface area contributed by atoms with E-state index < -0.39 is 10.0 Å². The third-order valence-corrected chi connectivity index (χ3v) is 8.29. The van der Waals surface area contributed by atoms with Gasteiger partial charge >= 0.3 is 0 Å². The molecular formula is C24H32N4O3S2. The lowest BCUT2D eigenvalue weighted by Crippen LogP contribution is -2.30. The SMILES string of the molecule is CCN(CC)S(=O)(=O)c1cccc(-c2nnc(SCc3cccc(OC)c3)n2CC(C)C)c1. The summed E-state index contributed by atoms with van der Waals surface area (Å²) >= 11 is 1.61. The second-order valence-corrected chi connectivity index (χ2v) is 10.9. The number of benzene rings is 2. The fraction of sp³-hybridized carbons (Fsp3) is 0.417. The first-order valence-corrected chi connectivity index (χ1v) is 13.5. The lowest BCUT2D eigenvalue weighted by Gasteiger charge is -2.19. The number of rotatable bonds is 11. The van der Waals surface area contributed by atoms with Crippen LogP contribution in [0.4, 0.5) is 0 Å². The second-order valence-electron chi connectivity index (χ2n) is 8.07. The molecule has 0 aliphatic rings. The Morgan fingerprint density at radius 3 is 2.45 bits per heavy atom. The van der Waals surface area contributed by atoms with Crippen molar-refractivity contribution in [3.05, 3.63) is 54.1 Å². The summed E-state index contributed by atoms with van der Waals surface area (Å²) in [5.74, 6) is 2.60. The molecule has 33 heavy (non-hydrogen) atoms. The molecule has 0 bridgehead atoms. The highest BCUT2D eigenvalue weighted by molar-refractivity contribution is 7.98. The Kier molecular flexibility index (Phi) is 8.56. The Morgan fingerprint density at radius 2 is 1.79 bits per heavy atom. The predicted molar refractivity (Wildman–Crippen MR) is 133 cm³/mol. The number of methoxy groups -OCH3 is 1. The Labute approximate surface area is 201 Å². The van der Waals surface area contributed by atoms with Crippen molar-refractivity contribution in [2.75, 3.05) is 20.2 Å². The number of hydrogen-bond acceptors (Lipinski definition) is 6. The van der Waals surface area contributed by atoms with E-state index >= 15 is 0 Å². The van der Waals surface area contributed by atoms with Crippen molar-refractivity contribution in [1.82, 2.24) is 19.1 Å². The van der Waals surface area contributed by atoms with Crippen molar-refractivity contribution in [2.24, 2.45) is 5.92 Å². The average molecular weight is 489 g/mol. The molecule has 0 radical (unpaired) electrons. The van der Waals surface area contributed by atoms with E-state index in [4.69, 9.17) is 4.74 Å². The van der Waals surface area contributed by atoms with Crippen molar-refractivity contribution in [3.8, 4) is 17.1 Å². The van der Waals surface area contributed by atoms with Gasteiger partial charge in [-0.25, -0.2) is 8.42 Å². The molecule has 0 unspecified atom stereocenters. The summed E-state index contributed by atoms with van der Waals surface area (Å²) in [5.41, 5.74) is 1.87. The second kappa shape index (κ2) is 11.2. The maximum absolute atomic E-state index is 13.0. The summed E-state index contributed by atoms with van der Waals surface area (Å²) in [6.45, 7) is 9.56. The van der Waals surface area contributed by atoms with Crippen LogP contribution in [0.2, 0.25) is 0 Å². The van der Waals surface area contributed by atoms with Crippen LogP contribution < -0.4 is 4.74 Å². The standard InChI is InChI=1S/C24H32N4O3S2/c1-6-27(7-2)33(29,30)22-13-9-11-20(15-22)23-25-26-24(28(23)16-18(3)4)32-17-19-10-8-12-21(14-19)31-5/h8-15,18H,6-7,16-17H2,1-5H3. The average Bonchev–Trinajstić information content (AvgIpc) is 3.20. The van der Waals surface area contributed by atoms with Gasteiger partial charge in [0.15, 0.2) is 11.0 Å². The van der Waals surface area contributed by atoms with Gasteiger partial charge in [-0.2, -0.15) is 4.31 Å². The van der Waals surface area contributed by atoms with E-state index in [0.717, 1.165) is 34.3 Å². The molecule has 0 saturated heterocycles. The first-order valence-electron chi connectivity index (χ1n) is 11.1. The molecule has 0 aliphatic heterocycles. The third kappa shape index (κ3) is 5.96. The first kappa shape index (κ1) is 25.3. The van der Waals surface area contributed by atoms with E-state index in [9.17, 15) is 8.42 Å². The smallest absolute Gasteiger partial charge is 0.243 e. The molecule has 3 rings (SSSR count). The highest BCUT2D eigenvalue weighted by Crippen LogP contribution is 2.29. The third-order valence-electron chi connectivity index (χ3n) is 5.20. The molecule has 9 heteroatoms. The minimum atomic E-state index is -3.55. The lowest BCUT2D eigenvalue weighted by atomic mass is 10.2. The van der Waals surface area contributed by atoms with Crippen LogP contribution in [0.15, 0.2) is 58.6 Å². The summed E-state index contributed by atoms with van der Waals surface area (Å²) in [6, 6.07) is 15.0. The van der Waals surface area contributed by atoms with Crippen LogP contribution in [-0.4, -0.2) is 47.7 Å². The van der Waals surface area contributed by atoms with Gasteiger partial charge in [0.25, 0.3) is 0 Å². The van der Waals surface area contributed by atoms with Gasteiger partial charge in [-0.1, -0.05) is 63.7 Å². The minimum absolute atomic E-state index is 0.272. The number of ether oxygens (including phenoxy) is 1. The molecule has 0 fully saturated rings. The molecule has 0 atom stereocenters. The summed E-state index contributed by atoms with van der Waals surface area (Å²) < 4.78 is 34.9. The van der Waals surface area contributed by atoms with Crippen LogP contribution in [0.1, 0.15) is 33.3 Å². The fourth-order valence-corrected chi connectivity index (χ4v) is 5.95. The van der Waals surface area contributed by atoms with Crippen LogP contribution >= 0.6 is 11.8 Å². The summed E-state index contributed by atoms with van der Waals surface area (Å²) in [5, 5.41) is 9.70. The number of sulfonamides is 1. The number of aromatic nitrogens is 3. The van der Waals surface area contributed by atoms with Crippen molar-refractivity contribution < 1.29 is 13.2 Å². The molecular weight excluding hydrogens is 456 g/mol. The van der Waals surface area contributed by atoms with Gasteiger partial charge in [0, 0.05) is 31.0 Å². The van der Waals surface area contributed by atoms with E-state index in [1.807, 2.05) is 38.1 Å². The molecule has 0 spiro atoms. The molecule has 0 N–H and O–H groups in total. The topological polar surface area (TPSA) is 77.3 Å². The monoisotopic (exact) mass is 488 g/mol. The maximum Gasteiger partial charge on any atom is 0.243 e. The Hall–Kier alpha value is -2.36. The van der Waals surface area contributed by atoms with Gasteiger partial charge in [0.2, 0.25) is 10.0 Å². The van der Waals surface area contributed by atoms with Crippen LogP contribution in [-0.2, 0) is 22.3 Å². The normalized spacial score (nSPS) is 12.0. The van der Waals surface area contributed by atoms with E-state index in [1.54, 1.807) is 37.1 Å². The van der Waals surface area contributed by atoms with E-state index in [-0.39, 0.29) is 4.90 Å². The van der Waals surface area contributed by atoms with Gasteiger partial charge in [-0.15, -0.1) is 10.2 Å². The van der Waals surface area contributed by atoms with Crippen LogP contribution in [0.3, 0.4) is 0 Å². The van der Waals surface area contributed by atoms with E-state index in [1.165, 1.54) is 4.31 Å². The molecule has 7 nitrogen and oxygen atoms in total. The minimum Gasteiger partial charge on any atom is -0.497 e. The Morgan fingerprint density at radius 1 is 1.06 bits per heavy atom. The Bertz CT molecular complexity index is 1170. The van der Waals surface area contributed by atoms with Gasteiger partial charge in [0.1, 0.15) is 5.75 Å². The molecule has 0 aliphatic carbocycles. The van der Waals surface area contributed by atoms with Crippen molar-refractivity contribution >= 4 is 21.8 Å². The summed E-state index contributed by atoms with van der Waals surface area (Å²) in [4.78, 5) is 0.272. The van der Waals surface area contributed by atoms with Crippen LogP contribution in [0.25, 0.3) is 11.4 Å². The molecule has 2 aromatic carbocycles. The molecule has 1 heterocycles. The van der Waals surface area contributed by atoms with Crippen molar-refractivity contribution in [2.45, 2.75) is 50.0 Å². The number of nitrogens with zero attached hydrogens (tertiary/aromatic N) is 4. The molecule has 3 aromatic rings. The molecule has 178 valence electrons. The zero-order valence-corrected chi connectivity index (χ0v) is 21.5. The zero-order chi connectivity index (χ0) is 24.0. The fourth-order valence-electron chi connectivity index (χ4n) is 3.56. The zero-order valence-electron chi connectivity index (χ0n) is 19.9. The summed E-state index contributed by atoms with van der Waals surface area (Å²) in [6.07, 6.45) is 0. The molecule has 1 aromatic heterocycles. The molecule has 0 saturated carbocycles. The van der Waals surface area contributed by atoms with E-state index in [2.05, 4.69) is 34.7 Å². The van der Waals surface area contributed by atoms with Crippen LogP contribution in [0.5, 0.6) is 5.75 Å².